The maximum Gasteiger partial charge on any atom is 0.340 e. The first-order chi connectivity index (χ1) is 13.5. The highest BCUT2D eigenvalue weighted by atomic mass is 16.4. The van der Waals surface area contributed by atoms with Crippen molar-refractivity contribution in [3.63, 3.8) is 0 Å². The van der Waals surface area contributed by atoms with Gasteiger partial charge in [0.25, 0.3) is 0 Å². The molecule has 0 radical (unpaired) electrons. The summed E-state index contributed by atoms with van der Waals surface area (Å²) in [5.74, 6) is 0. The van der Waals surface area contributed by atoms with Gasteiger partial charge in [0.05, 0.1) is 17.2 Å². The molecular formula is C24H18N2O2. The first kappa shape index (κ1) is 17.6. The van der Waals surface area contributed by atoms with E-state index in [0.717, 1.165) is 27.6 Å². The maximum absolute atomic E-state index is 12.9. The van der Waals surface area contributed by atoms with E-state index in [9.17, 15) is 10.1 Å². The van der Waals surface area contributed by atoms with Gasteiger partial charge in [-0.05, 0) is 42.3 Å². The van der Waals surface area contributed by atoms with E-state index >= 15 is 0 Å². The molecule has 0 bridgehead atoms. The minimum atomic E-state index is -0.392. The molecule has 2 N–H and O–H groups in total. The third-order valence-corrected chi connectivity index (χ3v) is 4.77. The fraction of sp³-hybridized carbons (Fsp3) is 0.0833. The average molecular weight is 366 g/mol. The van der Waals surface area contributed by atoms with E-state index in [-0.39, 0.29) is 0 Å². The zero-order chi connectivity index (χ0) is 19.7. The van der Waals surface area contributed by atoms with E-state index in [1.807, 2.05) is 49.4 Å². The van der Waals surface area contributed by atoms with Gasteiger partial charge >= 0.3 is 5.63 Å². The average Bonchev–Trinajstić information content (AvgIpc) is 2.68. The normalized spacial score (nSPS) is 10.7. The molecule has 0 atom stereocenters. The lowest BCUT2D eigenvalue weighted by atomic mass is 9.92. The highest BCUT2D eigenvalue weighted by Gasteiger charge is 2.17. The summed E-state index contributed by atoms with van der Waals surface area (Å²) in [6, 6.07) is 22.8. The van der Waals surface area contributed by atoms with Crippen LogP contribution >= 0.6 is 0 Å². The number of nitrogen functional groups attached to an aromatic ring is 1. The summed E-state index contributed by atoms with van der Waals surface area (Å²) < 4.78 is 5.59. The molecule has 0 aliphatic heterocycles. The van der Waals surface area contributed by atoms with Gasteiger partial charge in [-0.1, -0.05) is 42.0 Å². The van der Waals surface area contributed by atoms with Crippen molar-refractivity contribution in [1.29, 1.82) is 5.26 Å². The molecule has 4 aromatic rings. The molecule has 136 valence electrons. The topological polar surface area (TPSA) is 80.0 Å². The van der Waals surface area contributed by atoms with Gasteiger partial charge in [-0.3, -0.25) is 0 Å². The molecule has 0 fully saturated rings. The zero-order valence-electron chi connectivity index (χ0n) is 15.4. The molecule has 0 aliphatic rings. The van der Waals surface area contributed by atoms with Gasteiger partial charge in [0, 0.05) is 29.1 Å². The predicted octanol–water partition coefficient (Wildman–Crippen LogP) is 4.81. The second kappa shape index (κ2) is 7.05. The van der Waals surface area contributed by atoms with Gasteiger partial charge in [-0.25, -0.2) is 4.79 Å². The number of fused-ring (bicyclic) bond motifs is 1. The van der Waals surface area contributed by atoms with Gasteiger partial charge < -0.3 is 10.2 Å². The second-order valence-electron chi connectivity index (χ2n) is 6.86. The van der Waals surface area contributed by atoms with Crippen LogP contribution in [0, 0.1) is 18.3 Å². The largest absolute Gasteiger partial charge is 0.422 e. The van der Waals surface area contributed by atoms with Gasteiger partial charge in [0.2, 0.25) is 0 Å². The number of rotatable bonds is 3. The van der Waals surface area contributed by atoms with Gasteiger partial charge in [0.15, 0.2) is 0 Å². The zero-order valence-corrected chi connectivity index (χ0v) is 15.4. The maximum atomic E-state index is 12.9. The van der Waals surface area contributed by atoms with E-state index in [2.05, 4.69) is 12.1 Å². The SMILES string of the molecule is Cc1cccc(-c2c(Cc3cccc(C#N)c3)c(=O)oc3cc(N)ccc23)c1. The third kappa shape index (κ3) is 3.26. The molecule has 4 nitrogen and oxygen atoms in total. The van der Waals surface area contributed by atoms with Crippen molar-refractivity contribution in [3.05, 3.63) is 99.4 Å². The molecule has 1 heterocycles. The smallest absolute Gasteiger partial charge is 0.340 e. The van der Waals surface area contributed by atoms with Crippen molar-refractivity contribution in [2.75, 3.05) is 5.73 Å². The van der Waals surface area contributed by atoms with Crippen LogP contribution in [-0.2, 0) is 6.42 Å². The Labute approximate surface area is 162 Å². The summed E-state index contributed by atoms with van der Waals surface area (Å²) in [6.45, 7) is 2.02. The number of benzene rings is 3. The number of aryl methyl sites for hydroxylation is 1. The van der Waals surface area contributed by atoms with Crippen LogP contribution in [0.5, 0.6) is 0 Å². The van der Waals surface area contributed by atoms with Gasteiger partial charge in [-0.15, -0.1) is 0 Å². The van der Waals surface area contributed by atoms with Crippen LogP contribution in [0.2, 0.25) is 0 Å². The molecule has 0 saturated heterocycles. The number of anilines is 1. The molecule has 1 aromatic heterocycles. The minimum Gasteiger partial charge on any atom is -0.422 e. The van der Waals surface area contributed by atoms with Crippen LogP contribution in [-0.4, -0.2) is 0 Å². The summed E-state index contributed by atoms with van der Waals surface area (Å²) in [5, 5.41) is 10.0. The van der Waals surface area contributed by atoms with Crippen molar-refractivity contribution >= 4 is 16.7 Å². The van der Waals surface area contributed by atoms with Crippen molar-refractivity contribution in [2.24, 2.45) is 0 Å². The van der Waals surface area contributed by atoms with E-state index in [1.165, 1.54) is 0 Å². The van der Waals surface area contributed by atoms with E-state index in [4.69, 9.17) is 10.2 Å². The van der Waals surface area contributed by atoms with Gasteiger partial charge in [-0.2, -0.15) is 5.26 Å². The van der Waals surface area contributed by atoms with Crippen molar-refractivity contribution in [2.45, 2.75) is 13.3 Å². The Bertz CT molecular complexity index is 1300. The Balaban J connectivity index is 2.00. The number of nitriles is 1. The van der Waals surface area contributed by atoms with Crippen molar-refractivity contribution in [3.8, 4) is 17.2 Å². The Hall–Kier alpha value is -3.84. The Kier molecular flexibility index (Phi) is 4.42. The third-order valence-electron chi connectivity index (χ3n) is 4.77. The summed E-state index contributed by atoms with van der Waals surface area (Å²) in [6.07, 6.45) is 0.376. The van der Waals surface area contributed by atoms with Crippen LogP contribution < -0.4 is 11.4 Å². The van der Waals surface area contributed by atoms with Crippen LogP contribution in [0.25, 0.3) is 22.1 Å². The summed E-state index contributed by atoms with van der Waals surface area (Å²) in [5.41, 5.74) is 11.4. The molecule has 0 unspecified atom stereocenters. The van der Waals surface area contributed by atoms with Crippen LogP contribution in [0.4, 0.5) is 5.69 Å². The number of hydrogen-bond acceptors (Lipinski definition) is 4. The standard InChI is InChI=1S/C24H18N2O2/c1-15-4-2-7-18(10-15)23-20-9-8-19(26)13-22(20)28-24(27)21(23)12-16-5-3-6-17(11-16)14-25/h2-11,13H,12,26H2,1H3. The molecule has 0 aliphatic carbocycles. The number of hydrogen-bond donors (Lipinski definition) is 1. The second-order valence-corrected chi connectivity index (χ2v) is 6.86. The molecule has 28 heavy (non-hydrogen) atoms. The monoisotopic (exact) mass is 366 g/mol. The fourth-order valence-corrected chi connectivity index (χ4v) is 3.50. The molecule has 3 aromatic carbocycles. The molecule has 0 spiro atoms. The predicted molar refractivity (Wildman–Crippen MR) is 111 cm³/mol. The van der Waals surface area contributed by atoms with Crippen LogP contribution in [0.1, 0.15) is 22.3 Å². The van der Waals surface area contributed by atoms with Crippen LogP contribution in [0.3, 0.4) is 0 Å². The fourth-order valence-electron chi connectivity index (χ4n) is 3.50. The van der Waals surface area contributed by atoms with Gasteiger partial charge in [0.1, 0.15) is 5.58 Å². The molecule has 0 amide bonds. The number of nitrogens with zero attached hydrogens (tertiary/aromatic N) is 1. The molecule has 4 rings (SSSR count). The Morgan fingerprint density at radius 1 is 1.04 bits per heavy atom. The first-order valence-corrected chi connectivity index (χ1v) is 8.96. The highest BCUT2D eigenvalue weighted by Crippen LogP contribution is 2.33. The quantitative estimate of drug-likeness (QED) is 0.417. The molecule has 4 heteroatoms. The molecular weight excluding hydrogens is 348 g/mol. The van der Waals surface area contributed by atoms with E-state index < -0.39 is 5.63 Å². The lowest BCUT2D eigenvalue weighted by Crippen LogP contribution is -2.11. The first-order valence-electron chi connectivity index (χ1n) is 8.96. The Morgan fingerprint density at radius 3 is 2.64 bits per heavy atom. The van der Waals surface area contributed by atoms with Crippen LogP contribution in [0.15, 0.2) is 75.9 Å². The minimum absolute atomic E-state index is 0.376. The lowest BCUT2D eigenvalue weighted by molar-refractivity contribution is 0.553. The summed E-state index contributed by atoms with van der Waals surface area (Å²) in [7, 11) is 0. The van der Waals surface area contributed by atoms with E-state index in [1.54, 1.807) is 18.2 Å². The van der Waals surface area contributed by atoms with Crippen molar-refractivity contribution in [1.82, 2.24) is 0 Å². The van der Waals surface area contributed by atoms with Crippen molar-refractivity contribution < 1.29 is 4.42 Å². The summed E-state index contributed by atoms with van der Waals surface area (Å²) in [4.78, 5) is 12.9. The highest BCUT2D eigenvalue weighted by molar-refractivity contribution is 5.96. The molecule has 0 saturated carbocycles. The van der Waals surface area contributed by atoms with E-state index in [0.29, 0.717) is 28.8 Å². The lowest BCUT2D eigenvalue weighted by Gasteiger charge is -2.13. The Morgan fingerprint density at radius 2 is 1.86 bits per heavy atom. The number of nitrogens with two attached hydrogens (primary N) is 1. The summed E-state index contributed by atoms with van der Waals surface area (Å²) >= 11 is 0.